The second-order valence-electron chi connectivity index (χ2n) is 6.67. The third-order valence-electron chi connectivity index (χ3n) is 4.66. The minimum Gasteiger partial charge on any atom is -0.338 e. The predicted octanol–water partition coefficient (Wildman–Crippen LogP) is 4.67. The molecule has 0 fully saturated rings. The van der Waals surface area contributed by atoms with Gasteiger partial charge in [-0.05, 0) is 23.8 Å². The van der Waals surface area contributed by atoms with Gasteiger partial charge in [0.25, 0.3) is 0 Å². The number of hydrogen-bond acceptors (Lipinski definition) is 2. The lowest BCUT2D eigenvalue weighted by atomic mass is 10.1. The van der Waals surface area contributed by atoms with E-state index in [9.17, 15) is 4.79 Å². The smallest absolute Gasteiger partial charge is 0.246 e. The van der Waals surface area contributed by atoms with Gasteiger partial charge >= 0.3 is 0 Å². The van der Waals surface area contributed by atoms with E-state index in [0.29, 0.717) is 6.54 Å². The number of fused-ring (bicyclic) bond motifs is 1. The van der Waals surface area contributed by atoms with E-state index in [1.165, 1.54) is 0 Å². The van der Waals surface area contributed by atoms with Crippen LogP contribution in [0.3, 0.4) is 0 Å². The Balaban J connectivity index is 1.64. The van der Waals surface area contributed by atoms with Crippen molar-refractivity contribution in [2.45, 2.75) is 6.54 Å². The number of carbonyl (C=O) groups is 1. The normalized spacial score (nSPS) is 11.2. The predicted molar refractivity (Wildman–Crippen MR) is 113 cm³/mol. The van der Waals surface area contributed by atoms with Gasteiger partial charge in [0.15, 0.2) is 0 Å². The summed E-state index contributed by atoms with van der Waals surface area (Å²) in [6, 6.07) is 25.9. The number of likely N-dealkylation sites (N-methyl/N-ethyl adjacent to an activating group) is 1. The average molecular weight is 367 g/mol. The van der Waals surface area contributed by atoms with Crippen molar-refractivity contribution in [3.63, 3.8) is 0 Å². The summed E-state index contributed by atoms with van der Waals surface area (Å²) in [7, 11) is 1.81. The van der Waals surface area contributed by atoms with Gasteiger partial charge in [-0.15, -0.1) is 0 Å². The van der Waals surface area contributed by atoms with E-state index < -0.39 is 0 Å². The largest absolute Gasteiger partial charge is 0.338 e. The Bertz CT molecular complexity index is 1110. The molecule has 0 aliphatic rings. The van der Waals surface area contributed by atoms with Crippen LogP contribution >= 0.6 is 0 Å². The summed E-state index contributed by atoms with van der Waals surface area (Å²) in [4.78, 5) is 14.3. The van der Waals surface area contributed by atoms with E-state index in [1.807, 2.05) is 103 Å². The van der Waals surface area contributed by atoms with Crippen molar-refractivity contribution in [2.75, 3.05) is 7.05 Å². The number of hydrogen-bond donors (Lipinski definition) is 0. The fourth-order valence-electron chi connectivity index (χ4n) is 3.21. The van der Waals surface area contributed by atoms with Crippen molar-refractivity contribution >= 4 is 17.5 Å². The summed E-state index contributed by atoms with van der Waals surface area (Å²) < 4.78 is 1.85. The fraction of sp³-hybridized carbons (Fsp3) is 0.0833. The van der Waals surface area contributed by atoms with E-state index in [2.05, 4.69) is 0 Å². The monoisotopic (exact) mass is 367 g/mol. The van der Waals surface area contributed by atoms with Gasteiger partial charge in [0.2, 0.25) is 5.91 Å². The standard InChI is InChI=1S/C24H21N3O/c1-26(18-19-10-4-2-5-11-19)23(28)16-15-21-22-14-8-9-17-27(22)25-24(21)20-12-6-3-7-13-20/h2-17H,18H2,1H3/b16-15+. The van der Waals surface area contributed by atoms with Crippen LogP contribution in [0.5, 0.6) is 0 Å². The molecule has 0 N–H and O–H groups in total. The molecule has 0 radical (unpaired) electrons. The van der Waals surface area contributed by atoms with E-state index in [0.717, 1.165) is 27.9 Å². The molecule has 0 aliphatic heterocycles. The Labute approximate surface area is 164 Å². The highest BCUT2D eigenvalue weighted by molar-refractivity contribution is 5.95. The molecule has 0 unspecified atom stereocenters. The summed E-state index contributed by atoms with van der Waals surface area (Å²) >= 11 is 0. The maximum Gasteiger partial charge on any atom is 0.246 e. The van der Waals surface area contributed by atoms with Crippen LogP contribution in [0.4, 0.5) is 0 Å². The molecular weight excluding hydrogens is 346 g/mol. The molecular formula is C24H21N3O. The zero-order valence-electron chi connectivity index (χ0n) is 15.7. The molecule has 4 rings (SSSR count). The molecule has 1 amide bonds. The van der Waals surface area contributed by atoms with Gasteiger partial charge in [-0.1, -0.05) is 66.7 Å². The second kappa shape index (κ2) is 7.92. The molecule has 2 heterocycles. The first-order chi connectivity index (χ1) is 13.7. The highest BCUT2D eigenvalue weighted by Gasteiger charge is 2.13. The first-order valence-corrected chi connectivity index (χ1v) is 9.22. The molecule has 4 aromatic rings. The number of aromatic nitrogens is 2. The van der Waals surface area contributed by atoms with Gasteiger partial charge < -0.3 is 4.90 Å². The summed E-state index contributed by atoms with van der Waals surface area (Å²) in [5.74, 6) is -0.0434. The van der Waals surface area contributed by atoms with Crippen LogP contribution < -0.4 is 0 Å². The Morgan fingerprint density at radius 1 is 0.964 bits per heavy atom. The van der Waals surface area contributed by atoms with Gasteiger partial charge in [-0.2, -0.15) is 5.10 Å². The molecule has 0 saturated carbocycles. The van der Waals surface area contributed by atoms with Crippen molar-refractivity contribution in [3.05, 3.63) is 102 Å². The van der Waals surface area contributed by atoms with Gasteiger partial charge in [0, 0.05) is 37.0 Å². The molecule has 4 heteroatoms. The SMILES string of the molecule is CN(Cc1ccccc1)C(=O)/C=C/c1c(-c2ccccc2)nn2ccccc12. The van der Waals surface area contributed by atoms with E-state index in [-0.39, 0.29) is 5.91 Å². The summed E-state index contributed by atoms with van der Waals surface area (Å²) in [6.45, 7) is 0.574. The first kappa shape index (κ1) is 17.7. The van der Waals surface area contributed by atoms with Crippen LogP contribution in [0.15, 0.2) is 91.1 Å². The molecule has 2 aromatic heterocycles. The lowest BCUT2D eigenvalue weighted by molar-refractivity contribution is -0.125. The number of nitrogens with zero attached hydrogens (tertiary/aromatic N) is 3. The van der Waals surface area contributed by atoms with E-state index >= 15 is 0 Å². The molecule has 0 spiro atoms. The summed E-state index contributed by atoms with van der Waals surface area (Å²) in [5.41, 5.74) is 4.90. The van der Waals surface area contributed by atoms with Crippen molar-refractivity contribution in [3.8, 4) is 11.3 Å². The molecule has 4 nitrogen and oxygen atoms in total. The molecule has 0 saturated heterocycles. The molecule has 28 heavy (non-hydrogen) atoms. The number of pyridine rings is 1. The van der Waals surface area contributed by atoms with Crippen LogP contribution in [0.25, 0.3) is 22.9 Å². The van der Waals surface area contributed by atoms with E-state index in [4.69, 9.17) is 5.10 Å². The zero-order valence-corrected chi connectivity index (χ0v) is 15.7. The van der Waals surface area contributed by atoms with Crippen LogP contribution in [-0.4, -0.2) is 27.5 Å². The minimum atomic E-state index is -0.0434. The molecule has 0 bridgehead atoms. The molecule has 138 valence electrons. The number of carbonyl (C=O) groups excluding carboxylic acids is 1. The first-order valence-electron chi connectivity index (χ1n) is 9.22. The van der Waals surface area contributed by atoms with E-state index in [1.54, 1.807) is 11.0 Å². The molecule has 2 aromatic carbocycles. The summed E-state index contributed by atoms with van der Waals surface area (Å²) in [5, 5.41) is 4.71. The number of benzene rings is 2. The maximum absolute atomic E-state index is 12.6. The number of rotatable bonds is 5. The van der Waals surface area contributed by atoms with Crippen LogP contribution in [-0.2, 0) is 11.3 Å². The zero-order chi connectivity index (χ0) is 19.3. The number of amides is 1. The highest BCUT2D eigenvalue weighted by atomic mass is 16.2. The van der Waals surface area contributed by atoms with Gasteiger partial charge in [-0.3, -0.25) is 4.79 Å². The van der Waals surface area contributed by atoms with Crippen LogP contribution in [0.1, 0.15) is 11.1 Å². The van der Waals surface area contributed by atoms with Gasteiger partial charge in [0.1, 0.15) is 5.69 Å². The van der Waals surface area contributed by atoms with Crippen LogP contribution in [0, 0.1) is 0 Å². The molecule has 0 aliphatic carbocycles. The molecule has 0 atom stereocenters. The quantitative estimate of drug-likeness (QED) is 0.481. The second-order valence-corrected chi connectivity index (χ2v) is 6.67. The third-order valence-corrected chi connectivity index (χ3v) is 4.66. The van der Waals surface area contributed by atoms with Crippen molar-refractivity contribution in [1.82, 2.24) is 14.5 Å². The highest BCUT2D eigenvalue weighted by Crippen LogP contribution is 2.27. The topological polar surface area (TPSA) is 37.6 Å². The van der Waals surface area contributed by atoms with Crippen molar-refractivity contribution < 1.29 is 4.79 Å². The minimum absolute atomic E-state index is 0.0434. The lowest BCUT2D eigenvalue weighted by Gasteiger charge is -2.15. The van der Waals surface area contributed by atoms with Crippen LogP contribution in [0.2, 0.25) is 0 Å². The Kier molecular flexibility index (Phi) is 5.02. The Hall–Kier alpha value is -3.66. The van der Waals surface area contributed by atoms with Gasteiger partial charge in [0.05, 0.1) is 5.52 Å². The third kappa shape index (κ3) is 3.71. The lowest BCUT2D eigenvalue weighted by Crippen LogP contribution is -2.24. The Morgan fingerprint density at radius 2 is 1.64 bits per heavy atom. The van der Waals surface area contributed by atoms with Crippen molar-refractivity contribution in [2.24, 2.45) is 0 Å². The maximum atomic E-state index is 12.6. The van der Waals surface area contributed by atoms with Crippen molar-refractivity contribution in [1.29, 1.82) is 0 Å². The Morgan fingerprint density at radius 3 is 2.39 bits per heavy atom. The fourth-order valence-corrected chi connectivity index (χ4v) is 3.21. The summed E-state index contributed by atoms with van der Waals surface area (Å²) in [6.07, 6.45) is 5.41. The van der Waals surface area contributed by atoms with Gasteiger partial charge in [-0.25, -0.2) is 4.52 Å². The average Bonchev–Trinajstić information content (AvgIpc) is 3.12.